The molecule has 1 aromatic carbocycles. The van der Waals surface area contributed by atoms with E-state index in [1.54, 1.807) is 6.92 Å². The van der Waals surface area contributed by atoms with Gasteiger partial charge in [-0.3, -0.25) is 9.36 Å². The minimum absolute atomic E-state index is 0.162. The number of nitrogens with zero attached hydrogens (tertiary/aromatic N) is 3. The van der Waals surface area contributed by atoms with Gasteiger partial charge in [0.25, 0.3) is 0 Å². The third-order valence-corrected chi connectivity index (χ3v) is 6.93. The normalized spacial score (nSPS) is 12.6. The van der Waals surface area contributed by atoms with E-state index in [-0.39, 0.29) is 17.6 Å². The quantitative estimate of drug-likeness (QED) is 0.439. The van der Waals surface area contributed by atoms with Crippen molar-refractivity contribution in [3.05, 3.63) is 52.2 Å². The maximum absolute atomic E-state index is 12.7. The second kappa shape index (κ2) is 9.01. The summed E-state index contributed by atoms with van der Waals surface area (Å²) in [7, 11) is 0. The number of aromatic nitrogens is 3. The van der Waals surface area contributed by atoms with Gasteiger partial charge in [0.15, 0.2) is 5.16 Å². The lowest BCUT2D eigenvalue weighted by Crippen LogP contribution is -2.17. The van der Waals surface area contributed by atoms with Crippen molar-refractivity contribution in [3.63, 3.8) is 0 Å². The molecule has 30 heavy (non-hydrogen) atoms. The zero-order valence-corrected chi connectivity index (χ0v) is 18.4. The van der Waals surface area contributed by atoms with Crippen LogP contribution in [0.5, 0.6) is 0 Å². The van der Waals surface area contributed by atoms with E-state index < -0.39 is 0 Å². The van der Waals surface area contributed by atoms with Crippen LogP contribution >= 0.6 is 23.1 Å². The number of ether oxygens (including phenoxy) is 1. The number of thiophene rings is 1. The summed E-state index contributed by atoms with van der Waals surface area (Å²) in [4.78, 5) is 26.3. The fraction of sp³-hybridized carbons (Fsp3) is 0.333. The molecular formula is C21H22N4O3S2. The van der Waals surface area contributed by atoms with E-state index >= 15 is 0 Å². The molecule has 0 fully saturated rings. The molecule has 0 saturated carbocycles. The number of aryl methyl sites for hydroxylation is 2. The molecule has 0 unspecified atom stereocenters. The molecule has 3 aromatic rings. The van der Waals surface area contributed by atoms with Gasteiger partial charge in [0.1, 0.15) is 10.8 Å². The minimum Gasteiger partial charge on any atom is -0.462 e. The maximum Gasteiger partial charge on any atom is 0.341 e. The monoisotopic (exact) mass is 442 g/mol. The number of carbonyl (C=O) groups excluding carboxylic acids is 2. The molecule has 4 rings (SSSR count). The number of hydrogen-bond donors (Lipinski definition) is 1. The highest BCUT2D eigenvalue weighted by Gasteiger charge is 2.28. The van der Waals surface area contributed by atoms with E-state index in [1.165, 1.54) is 28.0 Å². The third kappa shape index (κ3) is 4.13. The average molecular weight is 443 g/mol. The van der Waals surface area contributed by atoms with Crippen LogP contribution in [0, 0.1) is 6.92 Å². The number of amides is 1. The molecule has 0 aliphatic heterocycles. The largest absolute Gasteiger partial charge is 0.462 e. The van der Waals surface area contributed by atoms with Crippen molar-refractivity contribution in [2.75, 3.05) is 17.7 Å². The van der Waals surface area contributed by atoms with Crippen molar-refractivity contribution < 1.29 is 14.3 Å². The van der Waals surface area contributed by atoms with Crippen LogP contribution < -0.4 is 5.32 Å². The number of anilines is 1. The molecule has 0 radical (unpaired) electrons. The summed E-state index contributed by atoms with van der Waals surface area (Å²) >= 11 is 2.79. The van der Waals surface area contributed by atoms with Crippen LogP contribution in [0.25, 0.3) is 5.69 Å². The van der Waals surface area contributed by atoms with Gasteiger partial charge in [-0.2, -0.15) is 0 Å². The molecule has 156 valence electrons. The summed E-state index contributed by atoms with van der Waals surface area (Å²) in [6, 6.07) is 9.78. The lowest BCUT2D eigenvalue weighted by molar-refractivity contribution is -0.113. The van der Waals surface area contributed by atoms with Gasteiger partial charge in [0.2, 0.25) is 5.91 Å². The number of carbonyl (C=O) groups is 2. The molecule has 0 saturated heterocycles. The molecule has 0 bridgehead atoms. The number of para-hydroxylation sites is 1. The Labute approximate surface area is 182 Å². The van der Waals surface area contributed by atoms with E-state index in [4.69, 9.17) is 4.74 Å². The lowest BCUT2D eigenvalue weighted by Gasteiger charge is -2.09. The molecule has 1 aliphatic rings. The van der Waals surface area contributed by atoms with Gasteiger partial charge < -0.3 is 10.1 Å². The van der Waals surface area contributed by atoms with Crippen molar-refractivity contribution in [3.8, 4) is 5.69 Å². The SMILES string of the molecule is CCOC(=O)c1c(NC(=O)CSc2nnc(C)n2-c2ccccc2)sc2c1CCC2. The first-order valence-electron chi connectivity index (χ1n) is 9.80. The van der Waals surface area contributed by atoms with E-state index in [0.717, 1.165) is 36.3 Å². The van der Waals surface area contributed by atoms with Crippen LogP contribution in [0.4, 0.5) is 5.00 Å². The summed E-state index contributed by atoms with van der Waals surface area (Å²) < 4.78 is 7.14. The fourth-order valence-corrected chi connectivity index (χ4v) is 5.61. The minimum atomic E-state index is -0.362. The first-order chi connectivity index (χ1) is 14.6. The molecule has 7 nitrogen and oxygen atoms in total. The predicted molar refractivity (Wildman–Crippen MR) is 118 cm³/mol. The summed E-state index contributed by atoms with van der Waals surface area (Å²) in [5.41, 5.74) is 2.50. The van der Waals surface area contributed by atoms with Gasteiger partial charge in [-0.25, -0.2) is 4.79 Å². The van der Waals surface area contributed by atoms with Gasteiger partial charge in [0.05, 0.1) is 17.9 Å². The van der Waals surface area contributed by atoms with Gasteiger partial charge in [-0.05, 0) is 50.8 Å². The summed E-state index contributed by atoms with van der Waals surface area (Å²) in [5, 5.41) is 12.5. The fourth-order valence-electron chi connectivity index (χ4n) is 3.52. The second-order valence-corrected chi connectivity index (χ2v) is 8.87. The van der Waals surface area contributed by atoms with Crippen LogP contribution in [0.1, 0.15) is 40.0 Å². The van der Waals surface area contributed by atoms with Crippen LogP contribution in [0.3, 0.4) is 0 Å². The van der Waals surface area contributed by atoms with Crippen molar-refractivity contribution >= 4 is 40.0 Å². The van der Waals surface area contributed by atoms with Crippen molar-refractivity contribution in [1.82, 2.24) is 14.8 Å². The lowest BCUT2D eigenvalue weighted by atomic mass is 10.1. The highest BCUT2D eigenvalue weighted by atomic mass is 32.2. The molecule has 2 aromatic heterocycles. The van der Waals surface area contributed by atoms with E-state index in [0.29, 0.717) is 22.3 Å². The van der Waals surface area contributed by atoms with E-state index in [2.05, 4.69) is 15.5 Å². The van der Waals surface area contributed by atoms with Gasteiger partial charge in [-0.1, -0.05) is 30.0 Å². The molecule has 1 aliphatic carbocycles. The molecular weight excluding hydrogens is 420 g/mol. The Hall–Kier alpha value is -2.65. The zero-order valence-electron chi connectivity index (χ0n) is 16.8. The Balaban J connectivity index is 1.48. The molecule has 1 amide bonds. The summed E-state index contributed by atoms with van der Waals surface area (Å²) in [6.45, 7) is 3.97. The smallest absolute Gasteiger partial charge is 0.341 e. The number of benzene rings is 1. The predicted octanol–water partition coefficient (Wildman–Crippen LogP) is 4.03. The van der Waals surface area contributed by atoms with Crippen LogP contribution in [-0.2, 0) is 22.4 Å². The van der Waals surface area contributed by atoms with Crippen LogP contribution in [0.2, 0.25) is 0 Å². The van der Waals surface area contributed by atoms with Crippen molar-refractivity contribution in [2.45, 2.75) is 38.3 Å². The average Bonchev–Trinajstić information content (AvgIpc) is 3.41. The van der Waals surface area contributed by atoms with Gasteiger partial charge in [-0.15, -0.1) is 21.5 Å². The number of esters is 1. The Morgan fingerprint density at radius 3 is 2.80 bits per heavy atom. The number of thioether (sulfide) groups is 1. The van der Waals surface area contributed by atoms with Crippen molar-refractivity contribution in [1.29, 1.82) is 0 Å². The molecule has 1 N–H and O–H groups in total. The van der Waals surface area contributed by atoms with Gasteiger partial charge in [0, 0.05) is 10.6 Å². The number of rotatable bonds is 7. The summed E-state index contributed by atoms with van der Waals surface area (Å²) in [6.07, 6.45) is 2.83. The number of hydrogen-bond acceptors (Lipinski definition) is 7. The first-order valence-corrected chi connectivity index (χ1v) is 11.6. The highest BCUT2D eigenvalue weighted by Crippen LogP contribution is 2.39. The number of nitrogens with one attached hydrogen (secondary N) is 1. The van der Waals surface area contributed by atoms with E-state index in [9.17, 15) is 9.59 Å². The highest BCUT2D eigenvalue weighted by molar-refractivity contribution is 7.99. The van der Waals surface area contributed by atoms with Crippen LogP contribution in [-0.4, -0.2) is 39.0 Å². The molecule has 2 heterocycles. The topological polar surface area (TPSA) is 86.1 Å². The summed E-state index contributed by atoms with van der Waals surface area (Å²) in [5.74, 6) is 0.365. The molecule has 0 atom stereocenters. The number of fused-ring (bicyclic) bond motifs is 1. The zero-order chi connectivity index (χ0) is 21.1. The third-order valence-electron chi connectivity index (χ3n) is 4.80. The Morgan fingerprint density at radius 1 is 1.23 bits per heavy atom. The Bertz CT molecular complexity index is 1080. The molecule has 9 heteroatoms. The standard InChI is InChI=1S/C21H22N4O3S2/c1-3-28-20(27)18-15-10-7-11-16(15)30-19(18)22-17(26)12-29-21-24-23-13(2)25(21)14-8-5-4-6-9-14/h4-6,8-9H,3,7,10-12H2,1-2H3,(H,22,26). The van der Waals surface area contributed by atoms with Crippen molar-refractivity contribution in [2.24, 2.45) is 0 Å². The molecule has 0 spiro atoms. The van der Waals surface area contributed by atoms with Crippen LogP contribution in [0.15, 0.2) is 35.5 Å². The van der Waals surface area contributed by atoms with E-state index in [1.807, 2.05) is 41.8 Å². The van der Waals surface area contributed by atoms with Gasteiger partial charge >= 0.3 is 5.97 Å². The maximum atomic E-state index is 12.7. The first kappa shape index (κ1) is 20.6. The Kier molecular flexibility index (Phi) is 6.19. The Morgan fingerprint density at radius 2 is 2.03 bits per heavy atom. The second-order valence-electron chi connectivity index (χ2n) is 6.82.